The Morgan fingerprint density at radius 1 is 1.19 bits per heavy atom. The van der Waals surface area contributed by atoms with E-state index in [1.165, 1.54) is 25.3 Å². The molecule has 36 heavy (non-hydrogen) atoms. The van der Waals surface area contributed by atoms with Crippen LogP contribution in [0.1, 0.15) is 24.8 Å². The predicted molar refractivity (Wildman–Crippen MR) is 130 cm³/mol. The Morgan fingerprint density at radius 3 is 2.69 bits per heavy atom. The van der Waals surface area contributed by atoms with Gasteiger partial charge in [-0.25, -0.2) is 0 Å². The van der Waals surface area contributed by atoms with Crippen LogP contribution in [-0.4, -0.2) is 40.4 Å². The number of anilines is 4. The number of fused-ring (bicyclic) bond motifs is 1. The molecule has 0 bridgehead atoms. The summed E-state index contributed by atoms with van der Waals surface area (Å²) in [7, 11) is 1.49. The first-order chi connectivity index (χ1) is 17.3. The number of non-ortho nitro benzene ring substituents is 1. The molecule has 1 aliphatic rings. The lowest BCUT2D eigenvalue weighted by Gasteiger charge is -2.24. The highest BCUT2D eigenvalue weighted by molar-refractivity contribution is 6.05. The number of hydrogen-bond acceptors (Lipinski definition) is 9. The van der Waals surface area contributed by atoms with E-state index in [0.29, 0.717) is 11.4 Å². The number of nitrogens with one attached hydrogen (secondary N) is 4. The molecule has 13 heteroatoms. The zero-order valence-electron chi connectivity index (χ0n) is 19.3. The van der Waals surface area contributed by atoms with Crippen molar-refractivity contribution in [3.05, 3.63) is 68.5 Å². The lowest BCUT2D eigenvalue weighted by Crippen LogP contribution is -2.36. The fourth-order valence-corrected chi connectivity index (χ4v) is 3.75. The quantitative estimate of drug-likeness (QED) is 0.271. The van der Waals surface area contributed by atoms with Gasteiger partial charge in [-0.2, -0.15) is 4.98 Å². The number of para-hydroxylation sites is 2. The number of aromatic amines is 1. The zero-order valence-corrected chi connectivity index (χ0v) is 19.3. The minimum atomic E-state index is -1.16. The van der Waals surface area contributed by atoms with Crippen molar-refractivity contribution in [3.8, 4) is 11.5 Å². The number of aromatic nitrogens is 2. The van der Waals surface area contributed by atoms with Gasteiger partial charge in [-0.05, 0) is 25.1 Å². The van der Waals surface area contributed by atoms with Gasteiger partial charge >= 0.3 is 0 Å². The molecule has 0 spiro atoms. The van der Waals surface area contributed by atoms with Crippen LogP contribution in [0.4, 0.5) is 28.8 Å². The first kappa shape index (κ1) is 24.2. The summed E-state index contributed by atoms with van der Waals surface area (Å²) >= 11 is 0. The molecule has 0 aliphatic carbocycles. The van der Waals surface area contributed by atoms with Gasteiger partial charge in [0.2, 0.25) is 17.8 Å². The highest BCUT2D eigenvalue weighted by atomic mass is 16.6. The topological polar surface area (TPSA) is 178 Å². The molecule has 3 aromatic rings. The molecule has 13 nitrogen and oxygen atoms in total. The Kier molecular flexibility index (Phi) is 6.81. The van der Waals surface area contributed by atoms with E-state index >= 15 is 0 Å². The van der Waals surface area contributed by atoms with Crippen molar-refractivity contribution in [3.63, 3.8) is 0 Å². The Balaban J connectivity index is 1.64. The monoisotopic (exact) mass is 494 g/mol. The predicted octanol–water partition coefficient (Wildman–Crippen LogP) is 2.89. The number of nitrogens with zero attached hydrogens (tertiary/aromatic N) is 2. The molecule has 4 N–H and O–H groups in total. The van der Waals surface area contributed by atoms with Crippen LogP contribution in [0.5, 0.6) is 11.5 Å². The lowest BCUT2D eigenvalue weighted by atomic mass is 9.92. The van der Waals surface area contributed by atoms with Crippen LogP contribution in [0.15, 0.2) is 47.3 Å². The van der Waals surface area contributed by atoms with Crippen LogP contribution in [-0.2, 0) is 9.59 Å². The van der Waals surface area contributed by atoms with Crippen molar-refractivity contribution in [1.82, 2.24) is 9.97 Å². The number of benzene rings is 2. The van der Waals surface area contributed by atoms with Crippen molar-refractivity contribution in [2.45, 2.75) is 19.3 Å². The molecule has 1 aliphatic heterocycles. The van der Waals surface area contributed by atoms with Gasteiger partial charge in [-0.1, -0.05) is 12.1 Å². The number of nitro benzene ring substituents is 1. The van der Waals surface area contributed by atoms with Crippen molar-refractivity contribution in [1.29, 1.82) is 0 Å². The number of nitro groups is 1. The molecule has 186 valence electrons. The fraction of sp³-hybridized carbons (Fsp3) is 0.217. The number of amides is 2. The fourth-order valence-electron chi connectivity index (χ4n) is 3.75. The number of H-pyrrole nitrogens is 1. The Hall–Kier alpha value is -4.94. The summed E-state index contributed by atoms with van der Waals surface area (Å²) in [6, 6.07) is 10.7. The second kappa shape index (κ2) is 10.1. The number of rotatable bonds is 8. The van der Waals surface area contributed by atoms with Crippen LogP contribution in [0, 0.1) is 10.1 Å². The Bertz CT molecular complexity index is 1400. The molecule has 2 heterocycles. The summed E-state index contributed by atoms with van der Waals surface area (Å²) in [6.07, 6.45) is -0.292. The normalized spacial score (nSPS) is 14.3. The van der Waals surface area contributed by atoms with Crippen LogP contribution in [0.2, 0.25) is 0 Å². The molecule has 2 amide bonds. The molecular weight excluding hydrogens is 472 g/mol. The van der Waals surface area contributed by atoms with Crippen LogP contribution in [0.25, 0.3) is 0 Å². The van der Waals surface area contributed by atoms with Crippen molar-refractivity contribution < 1.29 is 24.0 Å². The van der Waals surface area contributed by atoms with Gasteiger partial charge in [0, 0.05) is 12.5 Å². The van der Waals surface area contributed by atoms with E-state index in [1.54, 1.807) is 31.2 Å². The van der Waals surface area contributed by atoms with E-state index in [-0.39, 0.29) is 47.5 Å². The molecule has 0 saturated heterocycles. The maximum absolute atomic E-state index is 13.2. The van der Waals surface area contributed by atoms with Gasteiger partial charge in [-0.3, -0.25) is 29.5 Å². The molecule has 2 aromatic carbocycles. The minimum absolute atomic E-state index is 0.0162. The van der Waals surface area contributed by atoms with Crippen molar-refractivity contribution >= 4 is 40.6 Å². The smallest absolute Gasteiger partial charge is 0.273 e. The molecule has 1 aromatic heterocycles. The van der Waals surface area contributed by atoms with Gasteiger partial charge in [0.25, 0.3) is 11.2 Å². The van der Waals surface area contributed by atoms with Gasteiger partial charge in [0.05, 0.1) is 47.6 Å². The number of hydrogen-bond donors (Lipinski definition) is 4. The zero-order chi connectivity index (χ0) is 25.8. The van der Waals surface area contributed by atoms with Crippen molar-refractivity contribution in [2.75, 3.05) is 29.7 Å². The molecule has 0 fully saturated rings. The summed E-state index contributed by atoms with van der Waals surface area (Å²) in [5.74, 6) is -1.75. The average Bonchev–Trinajstić information content (AvgIpc) is 2.84. The molecule has 0 saturated carbocycles. The molecule has 0 unspecified atom stereocenters. The standard InChI is InChI=1S/C23H22N6O7/c1-3-36-17-10-12(29(33)34)8-9-15(17)24-21(31)13-11-18(30)26-20-19(13)22(32)28-23(27-20)25-14-6-4-5-7-16(14)35-2/h4-10,13H,3,11H2,1-2H3,(H,24,31)(H3,25,26,27,28,30,32)/t13-/m1/s1. The Morgan fingerprint density at radius 2 is 1.97 bits per heavy atom. The van der Waals surface area contributed by atoms with E-state index in [1.807, 2.05) is 0 Å². The third kappa shape index (κ3) is 4.94. The van der Waals surface area contributed by atoms with Crippen LogP contribution < -0.4 is 31.0 Å². The van der Waals surface area contributed by atoms with Crippen LogP contribution >= 0.6 is 0 Å². The first-order valence-electron chi connectivity index (χ1n) is 10.9. The Labute approximate surface area is 204 Å². The maximum Gasteiger partial charge on any atom is 0.273 e. The van der Waals surface area contributed by atoms with E-state index in [2.05, 4.69) is 25.9 Å². The molecule has 1 atom stereocenters. The summed E-state index contributed by atoms with van der Waals surface area (Å²) in [4.78, 5) is 55.9. The third-order valence-electron chi connectivity index (χ3n) is 5.36. The first-order valence-corrected chi connectivity index (χ1v) is 10.9. The lowest BCUT2D eigenvalue weighted by molar-refractivity contribution is -0.384. The maximum atomic E-state index is 13.2. The number of carbonyl (C=O) groups excluding carboxylic acids is 2. The SMILES string of the molecule is CCOc1cc([N+](=O)[O-])ccc1NC(=O)[C@@H]1CC(=O)Nc2nc(Nc3ccccc3OC)[nH]c(=O)c21. The van der Waals surface area contributed by atoms with Crippen LogP contribution in [0.3, 0.4) is 0 Å². The van der Waals surface area contributed by atoms with Gasteiger partial charge < -0.3 is 25.4 Å². The number of ether oxygens (including phenoxy) is 2. The largest absolute Gasteiger partial charge is 0.495 e. The second-order valence-corrected chi connectivity index (χ2v) is 7.67. The highest BCUT2D eigenvalue weighted by Crippen LogP contribution is 2.34. The van der Waals surface area contributed by atoms with E-state index in [9.17, 15) is 24.5 Å². The molecule has 4 rings (SSSR count). The summed E-state index contributed by atoms with van der Waals surface area (Å²) in [5.41, 5.74) is -0.154. The minimum Gasteiger partial charge on any atom is -0.495 e. The second-order valence-electron chi connectivity index (χ2n) is 7.67. The van der Waals surface area contributed by atoms with Crippen molar-refractivity contribution in [2.24, 2.45) is 0 Å². The van der Waals surface area contributed by atoms with E-state index < -0.39 is 28.2 Å². The van der Waals surface area contributed by atoms with Gasteiger partial charge in [-0.15, -0.1) is 0 Å². The summed E-state index contributed by atoms with van der Waals surface area (Å²) in [6.45, 7) is 1.89. The third-order valence-corrected chi connectivity index (χ3v) is 5.36. The highest BCUT2D eigenvalue weighted by Gasteiger charge is 2.35. The average molecular weight is 494 g/mol. The summed E-state index contributed by atoms with van der Waals surface area (Å²) < 4.78 is 10.7. The number of methoxy groups -OCH3 is 1. The number of carbonyl (C=O) groups is 2. The van der Waals surface area contributed by atoms with Gasteiger partial charge in [0.15, 0.2) is 0 Å². The van der Waals surface area contributed by atoms with Gasteiger partial charge in [0.1, 0.15) is 17.3 Å². The summed E-state index contributed by atoms with van der Waals surface area (Å²) in [5, 5.41) is 19.2. The molecular formula is C23H22N6O7. The van der Waals surface area contributed by atoms with E-state index in [4.69, 9.17) is 9.47 Å². The van der Waals surface area contributed by atoms with E-state index in [0.717, 1.165) is 0 Å². The molecule has 0 radical (unpaired) electrons.